The van der Waals surface area contributed by atoms with Crippen LogP contribution >= 0.6 is 0 Å². The minimum absolute atomic E-state index is 0.216. The minimum atomic E-state index is -0.735. The van der Waals surface area contributed by atoms with Gasteiger partial charge in [-0.15, -0.1) is 0 Å². The first-order valence-electron chi connectivity index (χ1n) is 5.71. The molecule has 0 bridgehead atoms. The second kappa shape index (κ2) is 7.67. The van der Waals surface area contributed by atoms with Gasteiger partial charge in [-0.3, -0.25) is 10.1 Å². The summed E-state index contributed by atoms with van der Waals surface area (Å²) in [6, 6.07) is 0. The lowest BCUT2D eigenvalue weighted by atomic mass is 10.2. The molecule has 1 saturated heterocycles. The molecule has 1 fully saturated rings. The summed E-state index contributed by atoms with van der Waals surface area (Å²) in [6.07, 6.45) is 4.34. The van der Waals surface area contributed by atoms with Crippen LogP contribution in [0.3, 0.4) is 0 Å². The Kier molecular flexibility index (Phi) is 6.09. The summed E-state index contributed by atoms with van der Waals surface area (Å²) < 4.78 is 9.94. The number of ether oxygens (including phenoxy) is 2. The van der Waals surface area contributed by atoms with Gasteiger partial charge in [0.2, 0.25) is 0 Å². The number of alkyl carbamates (subject to hydrolysis) is 1. The summed E-state index contributed by atoms with van der Waals surface area (Å²) in [7, 11) is 0. The zero-order chi connectivity index (χ0) is 12.5. The molecule has 2 N–H and O–H groups in total. The molecular weight excluding hydrogens is 224 g/mol. The Balaban J connectivity index is 2.10. The van der Waals surface area contributed by atoms with E-state index in [4.69, 9.17) is 4.74 Å². The minimum Gasteiger partial charge on any atom is -0.450 e. The first-order chi connectivity index (χ1) is 8.22. The van der Waals surface area contributed by atoms with Crippen LogP contribution in [0.25, 0.3) is 0 Å². The molecule has 0 spiro atoms. The van der Waals surface area contributed by atoms with Gasteiger partial charge in [0.05, 0.1) is 12.7 Å². The molecule has 2 amide bonds. The first kappa shape index (κ1) is 13.5. The van der Waals surface area contributed by atoms with E-state index in [-0.39, 0.29) is 12.7 Å². The molecule has 1 atom stereocenters. The van der Waals surface area contributed by atoms with Gasteiger partial charge in [-0.1, -0.05) is 0 Å². The van der Waals surface area contributed by atoms with E-state index < -0.39 is 12.0 Å². The van der Waals surface area contributed by atoms with Gasteiger partial charge in [0.1, 0.15) is 0 Å². The predicted octanol–water partition coefficient (Wildman–Crippen LogP) is 0.541. The molecule has 1 aliphatic heterocycles. The molecule has 17 heavy (non-hydrogen) atoms. The van der Waals surface area contributed by atoms with Gasteiger partial charge in [-0.25, -0.2) is 4.79 Å². The number of amides is 2. The maximum absolute atomic E-state index is 11.2. The molecule has 0 aliphatic carbocycles. The van der Waals surface area contributed by atoms with E-state index in [1.54, 1.807) is 6.92 Å². The van der Waals surface area contributed by atoms with Crippen molar-refractivity contribution in [3.05, 3.63) is 12.3 Å². The van der Waals surface area contributed by atoms with Crippen molar-refractivity contribution in [2.75, 3.05) is 19.8 Å². The van der Waals surface area contributed by atoms with Crippen molar-refractivity contribution in [3.63, 3.8) is 0 Å². The fourth-order valence-corrected chi connectivity index (χ4v) is 1.45. The van der Waals surface area contributed by atoms with E-state index in [0.29, 0.717) is 6.54 Å². The Hall–Kier alpha value is -1.56. The Morgan fingerprint density at radius 2 is 2.35 bits per heavy atom. The van der Waals surface area contributed by atoms with Crippen LogP contribution in [0, 0.1) is 0 Å². The quantitative estimate of drug-likeness (QED) is 0.688. The molecule has 1 aliphatic rings. The van der Waals surface area contributed by atoms with Crippen molar-refractivity contribution in [2.24, 2.45) is 0 Å². The molecule has 0 aromatic heterocycles. The number of imide groups is 1. The lowest BCUT2D eigenvalue weighted by Crippen LogP contribution is -2.30. The molecular formula is C11H18N2O4. The molecule has 1 heterocycles. The number of hydrogen-bond donors (Lipinski definition) is 2. The van der Waals surface area contributed by atoms with Crippen LogP contribution in [0.5, 0.6) is 0 Å². The lowest BCUT2D eigenvalue weighted by Gasteiger charge is -2.08. The number of hydrogen-bond acceptors (Lipinski definition) is 5. The van der Waals surface area contributed by atoms with Crippen molar-refractivity contribution < 1.29 is 19.1 Å². The molecule has 0 saturated carbocycles. The molecule has 6 heteroatoms. The highest BCUT2D eigenvalue weighted by atomic mass is 16.5. The number of rotatable bonds is 5. The van der Waals surface area contributed by atoms with E-state index in [2.05, 4.69) is 15.4 Å². The van der Waals surface area contributed by atoms with Gasteiger partial charge in [0.25, 0.3) is 5.91 Å². The molecule has 6 nitrogen and oxygen atoms in total. The molecule has 0 radical (unpaired) electrons. The summed E-state index contributed by atoms with van der Waals surface area (Å²) in [4.78, 5) is 22.0. The Morgan fingerprint density at radius 1 is 1.53 bits per heavy atom. The van der Waals surface area contributed by atoms with Crippen molar-refractivity contribution in [1.82, 2.24) is 10.6 Å². The number of carbonyl (C=O) groups is 2. The molecule has 0 aromatic rings. The highest BCUT2D eigenvalue weighted by Crippen LogP contribution is 2.10. The van der Waals surface area contributed by atoms with Crippen LogP contribution in [0.4, 0.5) is 4.79 Å². The Labute approximate surface area is 100 Å². The lowest BCUT2D eigenvalue weighted by molar-refractivity contribution is -0.115. The van der Waals surface area contributed by atoms with Gasteiger partial charge < -0.3 is 14.8 Å². The first-order valence-corrected chi connectivity index (χ1v) is 5.71. The number of carbonyl (C=O) groups excluding carboxylic acids is 2. The van der Waals surface area contributed by atoms with Crippen molar-refractivity contribution >= 4 is 12.0 Å². The average molecular weight is 242 g/mol. The van der Waals surface area contributed by atoms with E-state index >= 15 is 0 Å². The SMILES string of the molecule is CCOC(=O)NC(=O)/C=C/NCC1CCCO1. The second-order valence-electron chi connectivity index (χ2n) is 3.59. The van der Waals surface area contributed by atoms with Gasteiger partial charge >= 0.3 is 6.09 Å². The van der Waals surface area contributed by atoms with Gasteiger partial charge in [-0.05, 0) is 19.8 Å². The third-order valence-electron chi connectivity index (χ3n) is 2.22. The van der Waals surface area contributed by atoms with Gasteiger partial charge in [0.15, 0.2) is 0 Å². The van der Waals surface area contributed by atoms with Crippen molar-refractivity contribution in [1.29, 1.82) is 0 Å². The predicted molar refractivity (Wildman–Crippen MR) is 61.3 cm³/mol. The fraction of sp³-hybridized carbons (Fsp3) is 0.636. The topological polar surface area (TPSA) is 76.7 Å². The summed E-state index contributed by atoms with van der Waals surface area (Å²) in [5.74, 6) is -0.511. The van der Waals surface area contributed by atoms with Crippen LogP contribution in [0.15, 0.2) is 12.3 Å². The summed E-state index contributed by atoms with van der Waals surface area (Å²) in [5.41, 5.74) is 0. The molecule has 1 rings (SSSR count). The summed E-state index contributed by atoms with van der Waals surface area (Å²) in [5, 5.41) is 5.00. The molecule has 1 unspecified atom stereocenters. The standard InChI is InChI=1S/C11H18N2O4/c1-2-16-11(15)13-10(14)5-6-12-8-9-4-3-7-17-9/h5-6,9,12H,2-4,7-8H2,1H3,(H,13,14,15)/b6-5+. The average Bonchev–Trinajstić information content (AvgIpc) is 2.77. The highest BCUT2D eigenvalue weighted by molar-refractivity contribution is 5.98. The maximum Gasteiger partial charge on any atom is 0.414 e. The van der Waals surface area contributed by atoms with E-state index in [1.165, 1.54) is 12.3 Å². The smallest absolute Gasteiger partial charge is 0.414 e. The van der Waals surface area contributed by atoms with E-state index in [0.717, 1.165) is 19.4 Å². The zero-order valence-electron chi connectivity index (χ0n) is 9.90. The van der Waals surface area contributed by atoms with Crippen LogP contribution in [0.1, 0.15) is 19.8 Å². The van der Waals surface area contributed by atoms with Crippen LogP contribution in [-0.4, -0.2) is 37.9 Å². The van der Waals surface area contributed by atoms with Gasteiger partial charge in [-0.2, -0.15) is 0 Å². The third kappa shape index (κ3) is 5.91. The van der Waals surface area contributed by atoms with E-state index in [9.17, 15) is 9.59 Å². The Morgan fingerprint density at radius 3 is 3.00 bits per heavy atom. The maximum atomic E-state index is 11.2. The second-order valence-corrected chi connectivity index (χ2v) is 3.59. The summed E-state index contributed by atoms with van der Waals surface area (Å²) in [6.45, 7) is 3.38. The van der Waals surface area contributed by atoms with Crippen LogP contribution in [-0.2, 0) is 14.3 Å². The van der Waals surface area contributed by atoms with Crippen molar-refractivity contribution in [3.8, 4) is 0 Å². The normalized spacial score (nSPS) is 19.2. The van der Waals surface area contributed by atoms with Crippen molar-refractivity contribution in [2.45, 2.75) is 25.9 Å². The molecule has 96 valence electrons. The summed E-state index contributed by atoms with van der Waals surface area (Å²) >= 11 is 0. The van der Waals surface area contributed by atoms with Crippen LogP contribution < -0.4 is 10.6 Å². The Bertz CT molecular complexity index is 285. The van der Waals surface area contributed by atoms with E-state index in [1.807, 2.05) is 0 Å². The largest absolute Gasteiger partial charge is 0.450 e. The third-order valence-corrected chi connectivity index (χ3v) is 2.22. The van der Waals surface area contributed by atoms with Gasteiger partial charge in [0, 0.05) is 25.4 Å². The highest BCUT2D eigenvalue weighted by Gasteiger charge is 2.13. The zero-order valence-corrected chi connectivity index (χ0v) is 9.90. The van der Waals surface area contributed by atoms with Crippen LogP contribution in [0.2, 0.25) is 0 Å². The molecule has 0 aromatic carbocycles. The fourth-order valence-electron chi connectivity index (χ4n) is 1.45. The monoisotopic (exact) mass is 242 g/mol. The number of nitrogens with one attached hydrogen (secondary N) is 2.